The van der Waals surface area contributed by atoms with Gasteiger partial charge in [0.25, 0.3) is 0 Å². The van der Waals surface area contributed by atoms with Crippen LogP contribution in [-0.2, 0) is 23.9 Å². The standard InChI is InChI=1S/C27H43N3O6/c1-10-19(5)30(25(33)21(14-17(2)3)29-26(34)36-27(6,7)8)23(20-13-11-12-18(4)15-20)24(32)28-16-22(31)35-9/h11-13,15,17,19,21,23H,10,14,16H2,1-9H3,(H,28,32)(H,29,34). The van der Waals surface area contributed by atoms with Crippen LogP contribution < -0.4 is 10.6 Å². The predicted molar refractivity (Wildman–Crippen MR) is 138 cm³/mol. The number of carbonyl (C=O) groups is 4. The summed E-state index contributed by atoms with van der Waals surface area (Å²) in [6, 6.07) is 5.05. The number of ether oxygens (including phenoxy) is 2. The molecule has 202 valence electrons. The molecule has 2 N–H and O–H groups in total. The summed E-state index contributed by atoms with van der Waals surface area (Å²) in [6.45, 7) is 14.5. The molecule has 0 aliphatic rings. The molecular formula is C27H43N3O6. The highest BCUT2D eigenvalue weighted by Crippen LogP contribution is 2.28. The zero-order valence-electron chi connectivity index (χ0n) is 23.1. The molecule has 0 bridgehead atoms. The molecule has 3 atom stereocenters. The second kappa shape index (κ2) is 13.8. The molecule has 36 heavy (non-hydrogen) atoms. The third kappa shape index (κ3) is 9.87. The zero-order valence-corrected chi connectivity index (χ0v) is 23.1. The van der Waals surface area contributed by atoms with Gasteiger partial charge in [-0.05, 0) is 58.9 Å². The number of amides is 3. The van der Waals surface area contributed by atoms with E-state index in [4.69, 9.17) is 4.74 Å². The van der Waals surface area contributed by atoms with E-state index >= 15 is 0 Å². The lowest BCUT2D eigenvalue weighted by molar-refractivity contribution is -0.146. The Bertz CT molecular complexity index is 909. The summed E-state index contributed by atoms with van der Waals surface area (Å²) in [5, 5.41) is 5.32. The SMILES string of the molecule is CCC(C)N(C(=O)C(CC(C)C)NC(=O)OC(C)(C)C)C(C(=O)NCC(=O)OC)c1cccc(C)c1. The fourth-order valence-electron chi connectivity index (χ4n) is 3.72. The Morgan fingerprint density at radius 3 is 2.22 bits per heavy atom. The van der Waals surface area contributed by atoms with Crippen LogP contribution in [0.4, 0.5) is 4.79 Å². The smallest absolute Gasteiger partial charge is 0.408 e. The summed E-state index contributed by atoms with van der Waals surface area (Å²) >= 11 is 0. The van der Waals surface area contributed by atoms with E-state index in [-0.39, 0.29) is 18.5 Å². The molecule has 0 heterocycles. The lowest BCUT2D eigenvalue weighted by atomic mass is 9.96. The van der Waals surface area contributed by atoms with E-state index in [1.807, 2.05) is 52.8 Å². The normalized spacial score (nSPS) is 13.8. The van der Waals surface area contributed by atoms with Crippen molar-refractivity contribution in [3.63, 3.8) is 0 Å². The maximum Gasteiger partial charge on any atom is 0.408 e. The number of hydrogen-bond donors (Lipinski definition) is 2. The minimum absolute atomic E-state index is 0.0817. The number of alkyl carbamates (subject to hydrolysis) is 1. The molecule has 0 aliphatic heterocycles. The number of hydrogen-bond acceptors (Lipinski definition) is 6. The third-order valence-corrected chi connectivity index (χ3v) is 5.54. The first-order chi connectivity index (χ1) is 16.7. The highest BCUT2D eigenvalue weighted by Gasteiger charge is 2.38. The number of nitrogens with one attached hydrogen (secondary N) is 2. The van der Waals surface area contributed by atoms with Crippen molar-refractivity contribution in [2.45, 2.75) is 92.0 Å². The summed E-state index contributed by atoms with van der Waals surface area (Å²) in [6.07, 6.45) is 0.224. The van der Waals surface area contributed by atoms with Crippen molar-refractivity contribution in [1.82, 2.24) is 15.5 Å². The summed E-state index contributed by atoms with van der Waals surface area (Å²) in [4.78, 5) is 53.4. The topological polar surface area (TPSA) is 114 Å². The van der Waals surface area contributed by atoms with Crippen LogP contribution >= 0.6 is 0 Å². The van der Waals surface area contributed by atoms with Crippen LogP contribution in [0.2, 0.25) is 0 Å². The van der Waals surface area contributed by atoms with Crippen molar-refractivity contribution in [1.29, 1.82) is 0 Å². The summed E-state index contributed by atoms with van der Waals surface area (Å²) in [7, 11) is 1.24. The zero-order chi connectivity index (χ0) is 27.6. The van der Waals surface area contributed by atoms with Crippen molar-refractivity contribution >= 4 is 23.9 Å². The van der Waals surface area contributed by atoms with Gasteiger partial charge in [0.1, 0.15) is 24.2 Å². The van der Waals surface area contributed by atoms with Crippen molar-refractivity contribution in [2.75, 3.05) is 13.7 Å². The van der Waals surface area contributed by atoms with Crippen molar-refractivity contribution in [3.05, 3.63) is 35.4 Å². The second-order valence-corrected chi connectivity index (χ2v) is 10.4. The van der Waals surface area contributed by atoms with Crippen LogP contribution in [0.15, 0.2) is 24.3 Å². The predicted octanol–water partition coefficient (Wildman–Crippen LogP) is 3.89. The van der Waals surface area contributed by atoms with Crippen molar-refractivity contribution in [3.8, 4) is 0 Å². The Balaban J connectivity index is 3.51. The fraction of sp³-hybridized carbons (Fsp3) is 0.630. The molecule has 0 fully saturated rings. The molecule has 0 saturated heterocycles. The number of esters is 1. The minimum atomic E-state index is -1.02. The van der Waals surface area contributed by atoms with Gasteiger partial charge in [-0.3, -0.25) is 14.4 Å². The highest BCUT2D eigenvalue weighted by molar-refractivity contribution is 5.93. The van der Waals surface area contributed by atoms with E-state index in [9.17, 15) is 19.2 Å². The lowest BCUT2D eigenvalue weighted by Gasteiger charge is -2.38. The van der Waals surface area contributed by atoms with Crippen LogP contribution in [0.1, 0.15) is 78.5 Å². The van der Waals surface area contributed by atoms with Gasteiger partial charge in [0, 0.05) is 6.04 Å². The van der Waals surface area contributed by atoms with Crippen molar-refractivity contribution in [2.24, 2.45) is 5.92 Å². The van der Waals surface area contributed by atoms with Crippen LogP contribution in [0.5, 0.6) is 0 Å². The van der Waals surface area contributed by atoms with Gasteiger partial charge in [-0.2, -0.15) is 0 Å². The van der Waals surface area contributed by atoms with E-state index in [0.29, 0.717) is 18.4 Å². The number of methoxy groups -OCH3 is 1. The van der Waals surface area contributed by atoms with Crippen molar-refractivity contribution < 1.29 is 28.7 Å². The third-order valence-electron chi connectivity index (χ3n) is 5.54. The second-order valence-electron chi connectivity index (χ2n) is 10.4. The number of carbonyl (C=O) groups excluding carboxylic acids is 4. The van der Waals surface area contributed by atoms with E-state index in [1.54, 1.807) is 26.8 Å². The number of aryl methyl sites for hydroxylation is 1. The largest absolute Gasteiger partial charge is 0.468 e. The minimum Gasteiger partial charge on any atom is -0.468 e. The molecule has 1 rings (SSSR count). The Morgan fingerprint density at radius 2 is 1.72 bits per heavy atom. The molecule has 3 amide bonds. The van der Waals surface area contributed by atoms with Crippen LogP contribution in [0, 0.1) is 12.8 Å². The average molecular weight is 506 g/mol. The molecule has 1 aromatic carbocycles. The number of nitrogens with zero attached hydrogens (tertiary/aromatic N) is 1. The molecule has 1 aromatic rings. The molecule has 9 nitrogen and oxygen atoms in total. The van der Waals surface area contributed by atoms with Gasteiger partial charge in [0.15, 0.2) is 0 Å². The van der Waals surface area contributed by atoms with E-state index in [2.05, 4.69) is 15.4 Å². The van der Waals surface area contributed by atoms with Gasteiger partial charge >= 0.3 is 12.1 Å². The van der Waals surface area contributed by atoms with Gasteiger partial charge in [-0.25, -0.2) is 4.79 Å². The van der Waals surface area contributed by atoms with Crippen LogP contribution in [-0.4, -0.2) is 60.1 Å². The monoisotopic (exact) mass is 505 g/mol. The summed E-state index contributed by atoms with van der Waals surface area (Å²) in [5.74, 6) is -1.43. The first-order valence-electron chi connectivity index (χ1n) is 12.4. The molecule has 0 spiro atoms. The Morgan fingerprint density at radius 1 is 1.08 bits per heavy atom. The molecular weight excluding hydrogens is 462 g/mol. The summed E-state index contributed by atoms with van der Waals surface area (Å²) in [5.41, 5.74) is 0.788. The molecule has 0 radical (unpaired) electrons. The molecule has 0 aliphatic carbocycles. The van der Waals surface area contributed by atoms with E-state index in [1.165, 1.54) is 12.0 Å². The Labute approximate surface area is 215 Å². The Hall–Kier alpha value is -3.10. The van der Waals surface area contributed by atoms with Gasteiger partial charge < -0.3 is 25.0 Å². The number of rotatable bonds is 11. The fourth-order valence-corrected chi connectivity index (χ4v) is 3.72. The molecule has 3 unspecified atom stereocenters. The van der Waals surface area contributed by atoms with Gasteiger partial charge in [-0.1, -0.05) is 50.6 Å². The van der Waals surface area contributed by atoms with Gasteiger partial charge in [0.2, 0.25) is 11.8 Å². The maximum atomic E-state index is 14.1. The molecule has 0 saturated carbocycles. The first kappa shape index (κ1) is 30.9. The highest BCUT2D eigenvalue weighted by atomic mass is 16.6. The molecule has 0 aromatic heterocycles. The Kier molecular flexibility index (Phi) is 11.9. The van der Waals surface area contributed by atoms with Crippen LogP contribution in [0.25, 0.3) is 0 Å². The van der Waals surface area contributed by atoms with Gasteiger partial charge in [0.05, 0.1) is 7.11 Å². The maximum absolute atomic E-state index is 14.1. The first-order valence-corrected chi connectivity index (χ1v) is 12.4. The van der Waals surface area contributed by atoms with E-state index in [0.717, 1.165) is 5.56 Å². The molecule has 9 heteroatoms. The lowest BCUT2D eigenvalue weighted by Crippen LogP contribution is -2.56. The number of benzene rings is 1. The van der Waals surface area contributed by atoms with E-state index < -0.39 is 41.6 Å². The van der Waals surface area contributed by atoms with Gasteiger partial charge in [-0.15, -0.1) is 0 Å². The quantitative estimate of drug-likeness (QED) is 0.441. The average Bonchev–Trinajstić information content (AvgIpc) is 2.77. The summed E-state index contributed by atoms with van der Waals surface area (Å²) < 4.78 is 10.1. The van der Waals surface area contributed by atoms with Crippen LogP contribution in [0.3, 0.4) is 0 Å².